The molecule has 1 fully saturated rings. The molecule has 1 aliphatic rings. The molecule has 1 aromatic heterocycles. The number of guanidine groups is 1. The summed E-state index contributed by atoms with van der Waals surface area (Å²) in [5, 5.41) is 8.08. The molecule has 0 radical (unpaired) electrons. The van der Waals surface area contributed by atoms with Gasteiger partial charge in [0.15, 0.2) is 5.96 Å². The second kappa shape index (κ2) is 10.2. The number of carbonyl (C=O) groups is 2. The van der Waals surface area contributed by atoms with Gasteiger partial charge in [-0.2, -0.15) is 0 Å². The van der Waals surface area contributed by atoms with Gasteiger partial charge < -0.3 is 20.3 Å². The Kier molecular flexibility index (Phi) is 7.90. The largest absolute Gasteiger partial charge is 0.469 e. The highest BCUT2D eigenvalue weighted by atomic mass is 32.1. The van der Waals surface area contributed by atoms with Crippen molar-refractivity contribution in [3.63, 3.8) is 0 Å². The first-order chi connectivity index (χ1) is 12.6. The summed E-state index contributed by atoms with van der Waals surface area (Å²) in [6.45, 7) is 7.44. The number of carbonyl (C=O) groups excluding carboxylic acids is 2. The van der Waals surface area contributed by atoms with E-state index < -0.39 is 0 Å². The summed E-state index contributed by atoms with van der Waals surface area (Å²) in [5.74, 6) is 0.734. The van der Waals surface area contributed by atoms with Crippen LogP contribution >= 0.6 is 11.3 Å². The number of esters is 1. The Labute approximate surface area is 158 Å². The number of nitrogens with zero attached hydrogens (tertiary/aromatic N) is 2. The third-order valence-corrected chi connectivity index (χ3v) is 5.25. The summed E-state index contributed by atoms with van der Waals surface area (Å²) >= 11 is 1.43. The third kappa shape index (κ3) is 5.45. The molecule has 144 valence electrons. The van der Waals surface area contributed by atoms with Crippen LogP contribution in [0.5, 0.6) is 0 Å². The Balaban J connectivity index is 1.81. The maximum atomic E-state index is 11.9. The second-order valence-electron chi connectivity index (χ2n) is 6.33. The summed E-state index contributed by atoms with van der Waals surface area (Å²) in [4.78, 5) is 31.2. The van der Waals surface area contributed by atoms with Crippen LogP contribution in [-0.2, 0) is 9.53 Å². The van der Waals surface area contributed by atoms with Crippen LogP contribution in [0.25, 0.3) is 0 Å². The van der Waals surface area contributed by atoms with Crippen LogP contribution in [0, 0.1) is 11.8 Å². The van der Waals surface area contributed by atoms with E-state index in [0.717, 1.165) is 30.3 Å². The smallest absolute Gasteiger partial charge is 0.310 e. The lowest BCUT2D eigenvalue weighted by molar-refractivity contribution is -0.145. The van der Waals surface area contributed by atoms with Crippen LogP contribution in [0.3, 0.4) is 0 Å². The minimum absolute atomic E-state index is 0.0369. The zero-order chi connectivity index (χ0) is 18.9. The Morgan fingerprint density at radius 1 is 1.38 bits per heavy atom. The van der Waals surface area contributed by atoms with Gasteiger partial charge in [-0.25, -0.2) is 0 Å². The number of amides is 1. The maximum absolute atomic E-state index is 11.9. The van der Waals surface area contributed by atoms with Gasteiger partial charge in [-0.05, 0) is 30.7 Å². The lowest BCUT2D eigenvalue weighted by Gasteiger charge is -2.21. The van der Waals surface area contributed by atoms with Crippen molar-refractivity contribution in [3.05, 3.63) is 22.4 Å². The van der Waals surface area contributed by atoms with Gasteiger partial charge in [-0.3, -0.25) is 14.6 Å². The van der Waals surface area contributed by atoms with Crippen molar-refractivity contribution in [1.29, 1.82) is 0 Å². The summed E-state index contributed by atoms with van der Waals surface area (Å²) in [6, 6.07) is 3.68. The summed E-state index contributed by atoms with van der Waals surface area (Å²) < 4.78 is 4.89. The Bertz CT molecular complexity index is 618. The van der Waals surface area contributed by atoms with Crippen molar-refractivity contribution in [2.45, 2.75) is 20.3 Å². The highest BCUT2D eigenvalue weighted by molar-refractivity contribution is 7.12. The molecule has 1 amide bonds. The fraction of sp³-hybridized carbons (Fsp3) is 0.611. The van der Waals surface area contributed by atoms with Crippen LogP contribution in [-0.4, -0.2) is 62.6 Å². The van der Waals surface area contributed by atoms with Crippen molar-refractivity contribution in [1.82, 2.24) is 15.5 Å². The van der Waals surface area contributed by atoms with E-state index in [1.165, 1.54) is 18.4 Å². The average Bonchev–Trinajstić information content (AvgIpc) is 3.29. The van der Waals surface area contributed by atoms with Crippen molar-refractivity contribution in [2.24, 2.45) is 16.8 Å². The SMILES string of the molecule is CCNC(=NCCCNC(=O)c1cccs1)N1CC(C)C(C(=O)OC)C1. The average molecular weight is 381 g/mol. The van der Waals surface area contributed by atoms with Gasteiger partial charge in [0.25, 0.3) is 5.91 Å². The predicted octanol–water partition coefficient (Wildman–Crippen LogP) is 1.57. The lowest BCUT2D eigenvalue weighted by atomic mass is 9.99. The number of thiophene rings is 1. The molecule has 26 heavy (non-hydrogen) atoms. The van der Waals surface area contributed by atoms with Crippen molar-refractivity contribution in [3.8, 4) is 0 Å². The minimum Gasteiger partial charge on any atom is -0.469 e. The summed E-state index contributed by atoms with van der Waals surface area (Å²) in [6.07, 6.45) is 0.760. The monoisotopic (exact) mass is 380 g/mol. The number of likely N-dealkylation sites (tertiary alicyclic amines) is 1. The minimum atomic E-state index is -0.160. The molecule has 1 saturated heterocycles. The summed E-state index contributed by atoms with van der Waals surface area (Å²) in [5.41, 5.74) is 0. The fourth-order valence-corrected chi connectivity index (χ4v) is 3.62. The summed E-state index contributed by atoms with van der Waals surface area (Å²) in [7, 11) is 1.43. The van der Waals surface area contributed by atoms with Crippen molar-refractivity contribution >= 4 is 29.2 Å². The molecule has 2 N–H and O–H groups in total. The van der Waals surface area contributed by atoms with Gasteiger partial charge in [0, 0.05) is 32.7 Å². The van der Waals surface area contributed by atoms with Crippen LogP contribution in [0.4, 0.5) is 0 Å². The normalized spacial score (nSPS) is 20.1. The Morgan fingerprint density at radius 2 is 2.19 bits per heavy atom. The Hall–Kier alpha value is -2.09. The number of methoxy groups -OCH3 is 1. The van der Waals surface area contributed by atoms with E-state index in [0.29, 0.717) is 19.6 Å². The number of aliphatic imine (C=N–C) groups is 1. The number of nitrogens with one attached hydrogen (secondary N) is 2. The van der Waals surface area contributed by atoms with Crippen LogP contribution in [0.15, 0.2) is 22.5 Å². The van der Waals surface area contributed by atoms with Crippen LogP contribution in [0.2, 0.25) is 0 Å². The topological polar surface area (TPSA) is 83.0 Å². The molecule has 0 aromatic carbocycles. The molecule has 7 nitrogen and oxygen atoms in total. The Morgan fingerprint density at radius 3 is 2.85 bits per heavy atom. The van der Waals surface area contributed by atoms with E-state index in [1.807, 2.05) is 24.4 Å². The fourth-order valence-electron chi connectivity index (χ4n) is 2.98. The number of hydrogen-bond acceptors (Lipinski definition) is 5. The van der Waals surface area contributed by atoms with E-state index >= 15 is 0 Å². The molecule has 2 heterocycles. The highest BCUT2D eigenvalue weighted by Gasteiger charge is 2.36. The molecule has 1 aliphatic heterocycles. The number of ether oxygens (including phenoxy) is 1. The first kappa shape index (κ1) is 20.2. The number of hydrogen-bond donors (Lipinski definition) is 2. The van der Waals surface area contributed by atoms with Gasteiger partial charge in [-0.15, -0.1) is 11.3 Å². The zero-order valence-corrected chi connectivity index (χ0v) is 16.5. The lowest BCUT2D eigenvalue weighted by Crippen LogP contribution is -2.40. The van der Waals surface area contributed by atoms with E-state index in [1.54, 1.807) is 0 Å². The van der Waals surface area contributed by atoms with Gasteiger partial charge in [0.2, 0.25) is 0 Å². The van der Waals surface area contributed by atoms with E-state index in [4.69, 9.17) is 4.74 Å². The van der Waals surface area contributed by atoms with Crippen molar-refractivity contribution < 1.29 is 14.3 Å². The third-order valence-electron chi connectivity index (χ3n) is 4.38. The molecule has 2 unspecified atom stereocenters. The van der Waals surface area contributed by atoms with Gasteiger partial charge in [0.1, 0.15) is 0 Å². The van der Waals surface area contributed by atoms with Crippen LogP contribution in [0.1, 0.15) is 29.9 Å². The molecule has 0 aliphatic carbocycles. The second-order valence-corrected chi connectivity index (χ2v) is 7.28. The molecule has 8 heteroatoms. The highest BCUT2D eigenvalue weighted by Crippen LogP contribution is 2.24. The number of rotatable bonds is 7. The molecule has 0 bridgehead atoms. The van der Waals surface area contributed by atoms with Crippen LogP contribution < -0.4 is 10.6 Å². The molecule has 2 atom stereocenters. The molecule has 0 saturated carbocycles. The standard InChI is InChI=1S/C18H28N4O3S/c1-4-19-18(22-11-13(2)14(12-22)17(24)25-3)21-9-6-8-20-16(23)15-7-5-10-26-15/h5,7,10,13-14H,4,6,8-9,11-12H2,1-3H3,(H,19,21)(H,20,23). The van der Waals surface area contributed by atoms with Gasteiger partial charge in [0.05, 0.1) is 17.9 Å². The molecule has 2 rings (SSSR count). The molecule has 0 spiro atoms. The predicted molar refractivity (Wildman–Crippen MR) is 103 cm³/mol. The van der Waals surface area contributed by atoms with E-state index in [2.05, 4.69) is 27.4 Å². The van der Waals surface area contributed by atoms with Gasteiger partial charge in [-0.1, -0.05) is 13.0 Å². The first-order valence-electron chi connectivity index (χ1n) is 8.99. The quantitative estimate of drug-likeness (QED) is 0.325. The zero-order valence-electron chi connectivity index (χ0n) is 15.7. The van der Waals surface area contributed by atoms with Crippen molar-refractivity contribution in [2.75, 3.05) is 39.8 Å². The van der Waals surface area contributed by atoms with Gasteiger partial charge >= 0.3 is 5.97 Å². The van der Waals surface area contributed by atoms with E-state index in [-0.39, 0.29) is 23.7 Å². The maximum Gasteiger partial charge on any atom is 0.310 e. The molecular formula is C18H28N4O3S. The molecular weight excluding hydrogens is 352 g/mol. The first-order valence-corrected chi connectivity index (χ1v) is 9.87. The molecule has 1 aromatic rings. The van der Waals surface area contributed by atoms with E-state index in [9.17, 15) is 9.59 Å².